The number of nitro benzene ring substituents is 1. The van der Waals surface area contributed by atoms with Gasteiger partial charge in [-0.2, -0.15) is 0 Å². The van der Waals surface area contributed by atoms with Gasteiger partial charge in [0.05, 0.1) is 4.92 Å². The van der Waals surface area contributed by atoms with Gasteiger partial charge in [0.1, 0.15) is 12.2 Å². The molecule has 0 aromatic heterocycles. The van der Waals surface area contributed by atoms with Gasteiger partial charge in [0.15, 0.2) is 0 Å². The minimum absolute atomic E-state index is 0.00797. The van der Waals surface area contributed by atoms with Crippen molar-refractivity contribution in [3.63, 3.8) is 0 Å². The molecule has 1 aromatic rings. The standard InChI is InChI=1S/C15H17NO6/c1-3-21-15(22-14(18)10-11(2)17)9-6-12-4-7-13(8-5-12)16(19)20/h4-9,15H,3,10H2,1-2H3/b9-6+. The molecule has 22 heavy (non-hydrogen) atoms. The van der Waals surface area contributed by atoms with Crippen LogP contribution in [0.2, 0.25) is 0 Å². The van der Waals surface area contributed by atoms with Crippen molar-refractivity contribution in [1.29, 1.82) is 0 Å². The molecule has 0 heterocycles. The Balaban J connectivity index is 2.70. The zero-order valence-corrected chi connectivity index (χ0v) is 12.4. The Morgan fingerprint density at radius 2 is 1.95 bits per heavy atom. The number of non-ortho nitro benzene ring substituents is 1. The number of hydrogen-bond donors (Lipinski definition) is 0. The highest BCUT2D eigenvalue weighted by Crippen LogP contribution is 2.13. The van der Waals surface area contributed by atoms with Crippen LogP contribution in [0.4, 0.5) is 5.69 Å². The average molecular weight is 307 g/mol. The number of nitrogens with zero attached hydrogens (tertiary/aromatic N) is 1. The van der Waals surface area contributed by atoms with E-state index < -0.39 is 17.2 Å². The fraction of sp³-hybridized carbons (Fsp3) is 0.333. The number of carbonyl (C=O) groups excluding carboxylic acids is 2. The van der Waals surface area contributed by atoms with Crippen molar-refractivity contribution in [2.45, 2.75) is 26.6 Å². The number of rotatable bonds is 8. The molecule has 7 heteroatoms. The smallest absolute Gasteiger partial charge is 0.315 e. The number of benzene rings is 1. The second-order valence-electron chi connectivity index (χ2n) is 4.40. The molecule has 0 aliphatic heterocycles. The van der Waals surface area contributed by atoms with Crippen LogP contribution in [0, 0.1) is 10.1 Å². The molecule has 0 fully saturated rings. The number of esters is 1. The van der Waals surface area contributed by atoms with E-state index >= 15 is 0 Å². The van der Waals surface area contributed by atoms with Crippen molar-refractivity contribution >= 4 is 23.5 Å². The van der Waals surface area contributed by atoms with Crippen LogP contribution >= 0.6 is 0 Å². The minimum Gasteiger partial charge on any atom is -0.432 e. The van der Waals surface area contributed by atoms with Crippen molar-refractivity contribution in [1.82, 2.24) is 0 Å². The van der Waals surface area contributed by atoms with E-state index in [0.29, 0.717) is 12.2 Å². The topological polar surface area (TPSA) is 95.7 Å². The molecule has 7 nitrogen and oxygen atoms in total. The molecule has 0 aliphatic carbocycles. The van der Waals surface area contributed by atoms with E-state index in [9.17, 15) is 19.7 Å². The molecule has 0 bridgehead atoms. The molecule has 1 unspecified atom stereocenters. The highest BCUT2D eigenvalue weighted by molar-refractivity contribution is 5.94. The van der Waals surface area contributed by atoms with Gasteiger partial charge in [0.2, 0.25) is 6.29 Å². The summed E-state index contributed by atoms with van der Waals surface area (Å²) < 4.78 is 10.2. The predicted molar refractivity (Wildman–Crippen MR) is 78.9 cm³/mol. The van der Waals surface area contributed by atoms with Gasteiger partial charge >= 0.3 is 5.97 Å². The molecule has 118 valence electrons. The largest absolute Gasteiger partial charge is 0.432 e. The van der Waals surface area contributed by atoms with E-state index in [0.717, 1.165) is 0 Å². The number of ether oxygens (including phenoxy) is 2. The summed E-state index contributed by atoms with van der Waals surface area (Å²) in [5.74, 6) is -0.959. The molecular formula is C15H17NO6. The molecule has 0 N–H and O–H groups in total. The van der Waals surface area contributed by atoms with Crippen LogP contribution in [0.5, 0.6) is 0 Å². The molecule has 0 aliphatic rings. The Kier molecular flexibility index (Phi) is 6.91. The highest BCUT2D eigenvalue weighted by atomic mass is 16.7. The van der Waals surface area contributed by atoms with Crippen molar-refractivity contribution < 1.29 is 24.0 Å². The Bertz CT molecular complexity index is 564. The van der Waals surface area contributed by atoms with Crippen molar-refractivity contribution in [2.75, 3.05) is 6.61 Å². The maximum atomic E-state index is 11.4. The van der Waals surface area contributed by atoms with E-state index in [1.165, 1.54) is 25.1 Å². The summed E-state index contributed by atoms with van der Waals surface area (Å²) in [5, 5.41) is 10.6. The maximum absolute atomic E-state index is 11.4. The number of nitro groups is 1. The minimum atomic E-state index is -0.910. The highest BCUT2D eigenvalue weighted by Gasteiger charge is 2.13. The van der Waals surface area contributed by atoms with E-state index in [1.54, 1.807) is 25.1 Å². The summed E-state index contributed by atoms with van der Waals surface area (Å²) in [6.07, 6.45) is 1.90. The van der Waals surface area contributed by atoms with Crippen molar-refractivity contribution in [3.8, 4) is 0 Å². The summed E-state index contributed by atoms with van der Waals surface area (Å²) >= 11 is 0. The quantitative estimate of drug-likeness (QED) is 0.241. The molecule has 0 spiro atoms. The summed E-state index contributed by atoms with van der Waals surface area (Å²) in [6, 6.07) is 5.87. The number of ketones is 1. The first-order valence-electron chi connectivity index (χ1n) is 6.65. The lowest BCUT2D eigenvalue weighted by Crippen LogP contribution is -2.20. The summed E-state index contributed by atoms with van der Waals surface area (Å²) in [7, 11) is 0. The summed E-state index contributed by atoms with van der Waals surface area (Å²) in [6.45, 7) is 3.36. The van der Waals surface area contributed by atoms with Gasteiger partial charge in [-0.3, -0.25) is 19.7 Å². The van der Waals surface area contributed by atoms with Gasteiger partial charge in [0, 0.05) is 18.7 Å². The lowest BCUT2D eigenvalue weighted by Gasteiger charge is -2.13. The van der Waals surface area contributed by atoms with Crippen LogP contribution < -0.4 is 0 Å². The zero-order chi connectivity index (χ0) is 16.5. The fourth-order valence-electron chi connectivity index (χ4n) is 1.56. The lowest BCUT2D eigenvalue weighted by atomic mass is 10.2. The van der Waals surface area contributed by atoms with Crippen LogP contribution in [0.3, 0.4) is 0 Å². The van der Waals surface area contributed by atoms with Crippen LogP contribution in [0.25, 0.3) is 6.08 Å². The van der Waals surface area contributed by atoms with Crippen LogP contribution in [0.15, 0.2) is 30.3 Å². The molecule has 1 aromatic carbocycles. The molecule has 1 rings (SSSR count). The van der Waals surface area contributed by atoms with Crippen LogP contribution in [0.1, 0.15) is 25.8 Å². The van der Waals surface area contributed by atoms with Gasteiger partial charge in [0.25, 0.3) is 5.69 Å². The second kappa shape index (κ2) is 8.68. The molecule has 0 saturated carbocycles. The second-order valence-corrected chi connectivity index (χ2v) is 4.40. The van der Waals surface area contributed by atoms with Crippen LogP contribution in [-0.4, -0.2) is 29.6 Å². The summed E-state index contributed by atoms with van der Waals surface area (Å²) in [5.41, 5.74) is 0.685. The summed E-state index contributed by atoms with van der Waals surface area (Å²) in [4.78, 5) is 32.4. The predicted octanol–water partition coefficient (Wildman–Crippen LogP) is 2.49. The van der Waals surface area contributed by atoms with Gasteiger partial charge < -0.3 is 9.47 Å². The SMILES string of the molecule is CCOC(/C=C/c1ccc([N+](=O)[O-])cc1)OC(=O)CC(C)=O. The first-order chi connectivity index (χ1) is 10.4. The third-order valence-electron chi connectivity index (χ3n) is 2.52. The normalized spacial score (nSPS) is 12.1. The van der Waals surface area contributed by atoms with E-state index in [2.05, 4.69) is 0 Å². The number of carbonyl (C=O) groups is 2. The van der Waals surface area contributed by atoms with Gasteiger partial charge in [-0.15, -0.1) is 0 Å². The first kappa shape index (κ1) is 17.5. The van der Waals surface area contributed by atoms with Gasteiger partial charge in [-0.1, -0.05) is 6.08 Å². The van der Waals surface area contributed by atoms with E-state index in [1.807, 2.05) is 0 Å². The molecule has 0 radical (unpaired) electrons. The Hall–Kier alpha value is -2.54. The third kappa shape index (κ3) is 6.27. The average Bonchev–Trinajstić information content (AvgIpc) is 2.44. The van der Waals surface area contributed by atoms with Crippen LogP contribution in [-0.2, 0) is 19.1 Å². The maximum Gasteiger partial charge on any atom is 0.315 e. The Labute approximate surface area is 127 Å². The van der Waals surface area contributed by atoms with E-state index in [4.69, 9.17) is 9.47 Å². The van der Waals surface area contributed by atoms with Crippen molar-refractivity contribution in [2.24, 2.45) is 0 Å². The lowest BCUT2D eigenvalue weighted by molar-refractivity contribution is -0.384. The molecule has 1 atom stereocenters. The number of Topliss-reactive ketones (excluding diaryl/α,β-unsaturated/α-hetero) is 1. The monoisotopic (exact) mass is 307 g/mol. The molecule has 0 saturated heterocycles. The molecule has 0 amide bonds. The third-order valence-corrected chi connectivity index (χ3v) is 2.52. The van der Waals surface area contributed by atoms with Gasteiger partial charge in [-0.05, 0) is 37.6 Å². The zero-order valence-electron chi connectivity index (χ0n) is 12.4. The molecular weight excluding hydrogens is 290 g/mol. The Morgan fingerprint density at radius 3 is 2.45 bits per heavy atom. The first-order valence-corrected chi connectivity index (χ1v) is 6.65. The fourth-order valence-corrected chi connectivity index (χ4v) is 1.56. The van der Waals surface area contributed by atoms with Gasteiger partial charge in [-0.25, -0.2) is 0 Å². The van der Waals surface area contributed by atoms with E-state index in [-0.39, 0.29) is 17.9 Å². The van der Waals surface area contributed by atoms with Crippen molar-refractivity contribution in [3.05, 3.63) is 46.0 Å². The Morgan fingerprint density at radius 1 is 1.32 bits per heavy atom. The number of hydrogen-bond acceptors (Lipinski definition) is 6.